The van der Waals surface area contributed by atoms with Crippen LogP contribution in [-0.4, -0.2) is 9.55 Å². The molecule has 0 aliphatic heterocycles. The van der Waals surface area contributed by atoms with Crippen molar-refractivity contribution in [3.8, 4) is 0 Å². The van der Waals surface area contributed by atoms with Crippen LogP contribution >= 0.6 is 0 Å². The number of allylic oxidation sites excluding steroid dienone is 5. The molecule has 3 aromatic rings. The summed E-state index contributed by atoms with van der Waals surface area (Å²) in [6.45, 7) is 8.53. The Morgan fingerprint density at radius 1 is 1.15 bits per heavy atom. The summed E-state index contributed by atoms with van der Waals surface area (Å²) in [6.07, 6.45) is 9.79. The van der Waals surface area contributed by atoms with Crippen molar-refractivity contribution < 1.29 is 4.39 Å². The molecule has 0 unspecified atom stereocenters. The zero-order valence-electron chi connectivity index (χ0n) is 15.7. The van der Waals surface area contributed by atoms with Crippen molar-refractivity contribution in [1.82, 2.24) is 9.55 Å². The van der Waals surface area contributed by atoms with E-state index in [1.54, 1.807) is 12.2 Å². The molecule has 0 radical (unpaired) electrons. The minimum Gasteiger partial charge on any atom is -0.335 e. The molecular weight excluding hydrogens is 335 g/mol. The lowest BCUT2D eigenvalue weighted by Crippen LogP contribution is -2.02. The van der Waals surface area contributed by atoms with Gasteiger partial charge in [-0.2, -0.15) is 0 Å². The van der Waals surface area contributed by atoms with Gasteiger partial charge in [0.25, 0.3) is 0 Å². The first kappa shape index (κ1) is 18.6. The minimum atomic E-state index is 0.484. The second-order valence-electron chi connectivity index (χ2n) is 6.31. The van der Waals surface area contributed by atoms with Gasteiger partial charge in [-0.3, -0.25) is 4.98 Å². The van der Waals surface area contributed by atoms with Gasteiger partial charge >= 0.3 is 0 Å². The van der Waals surface area contributed by atoms with E-state index in [9.17, 15) is 4.39 Å². The van der Waals surface area contributed by atoms with Crippen LogP contribution in [0.15, 0.2) is 79.7 Å². The lowest BCUT2D eigenvalue weighted by atomic mass is 10.0. The molecule has 2 heterocycles. The van der Waals surface area contributed by atoms with E-state index in [-0.39, 0.29) is 0 Å². The summed E-state index contributed by atoms with van der Waals surface area (Å²) in [5, 5.41) is 0. The normalized spacial score (nSPS) is 12.5. The molecule has 0 spiro atoms. The molecular formula is C24H23FN2. The fraction of sp³-hybridized carbons (Fsp3) is 0.125. The molecule has 27 heavy (non-hydrogen) atoms. The molecule has 0 amide bonds. The molecule has 3 heteroatoms. The van der Waals surface area contributed by atoms with Crippen molar-refractivity contribution in [2.45, 2.75) is 20.4 Å². The van der Waals surface area contributed by atoms with Gasteiger partial charge in [0.05, 0.1) is 23.1 Å². The second-order valence-corrected chi connectivity index (χ2v) is 6.31. The Kier molecular flexibility index (Phi) is 5.82. The lowest BCUT2D eigenvalue weighted by Gasteiger charge is -2.09. The highest BCUT2D eigenvalue weighted by Crippen LogP contribution is 2.33. The van der Waals surface area contributed by atoms with Gasteiger partial charge in [0.15, 0.2) is 0 Å². The SMILES string of the molecule is C=Cc1c(C(=CF)/C=C\C=C/C)c2nc(C)ccc2n1Cc1ccccc1. The van der Waals surface area contributed by atoms with Crippen LogP contribution in [0.4, 0.5) is 4.39 Å². The summed E-state index contributed by atoms with van der Waals surface area (Å²) in [5.41, 5.74) is 5.93. The van der Waals surface area contributed by atoms with Crippen LogP contribution in [0.25, 0.3) is 22.7 Å². The van der Waals surface area contributed by atoms with Gasteiger partial charge < -0.3 is 4.57 Å². The number of aromatic nitrogens is 2. The summed E-state index contributed by atoms with van der Waals surface area (Å²) in [6, 6.07) is 14.2. The van der Waals surface area contributed by atoms with Crippen LogP contribution < -0.4 is 0 Å². The van der Waals surface area contributed by atoms with E-state index in [1.165, 1.54) is 5.56 Å². The smallest absolute Gasteiger partial charge is 0.0969 e. The number of nitrogens with zero attached hydrogens (tertiary/aromatic N) is 2. The van der Waals surface area contributed by atoms with Crippen LogP contribution in [-0.2, 0) is 6.54 Å². The number of hydrogen-bond donors (Lipinski definition) is 0. The predicted octanol–water partition coefficient (Wildman–Crippen LogP) is 6.48. The molecule has 2 nitrogen and oxygen atoms in total. The highest BCUT2D eigenvalue weighted by Gasteiger charge is 2.19. The van der Waals surface area contributed by atoms with E-state index in [0.29, 0.717) is 18.4 Å². The van der Waals surface area contributed by atoms with Crippen LogP contribution in [0.1, 0.15) is 29.4 Å². The molecule has 0 aliphatic rings. The maximum atomic E-state index is 13.8. The fourth-order valence-corrected chi connectivity index (χ4v) is 3.21. The Morgan fingerprint density at radius 2 is 1.93 bits per heavy atom. The van der Waals surface area contributed by atoms with Crippen molar-refractivity contribution in [3.63, 3.8) is 0 Å². The van der Waals surface area contributed by atoms with E-state index in [2.05, 4.69) is 23.3 Å². The number of benzene rings is 1. The predicted molar refractivity (Wildman–Crippen MR) is 113 cm³/mol. The van der Waals surface area contributed by atoms with Crippen LogP contribution in [0.2, 0.25) is 0 Å². The van der Waals surface area contributed by atoms with Crippen LogP contribution in [0, 0.1) is 6.92 Å². The number of aryl methyl sites for hydroxylation is 1. The van der Waals surface area contributed by atoms with Gasteiger partial charge in [-0.1, -0.05) is 61.2 Å². The highest BCUT2D eigenvalue weighted by molar-refractivity contribution is 5.97. The lowest BCUT2D eigenvalue weighted by molar-refractivity contribution is 0.724. The van der Waals surface area contributed by atoms with Gasteiger partial charge in [-0.25, -0.2) is 4.39 Å². The summed E-state index contributed by atoms with van der Waals surface area (Å²) >= 11 is 0. The zero-order valence-corrected chi connectivity index (χ0v) is 15.7. The molecule has 136 valence electrons. The van der Waals surface area contributed by atoms with E-state index in [0.717, 1.165) is 28.0 Å². The van der Waals surface area contributed by atoms with Crippen molar-refractivity contribution in [2.24, 2.45) is 0 Å². The Hall–Kier alpha value is -3.20. The van der Waals surface area contributed by atoms with Crippen molar-refractivity contribution >= 4 is 22.7 Å². The summed E-state index contributed by atoms with van der Waals surface area (Å²) < 4.78 is 16.0. The van der Waals surface area contributed by atoms with Crippen LogP contribution in [0.5, 0.6) is 0 Å². The Balaban J connectivity index is 2.26. The molecule has 3 rings (SSSR count). The second kappa shape index (κ2) is 8.45. The summed E-state index contributed by atoms with van der Waals surface area (Å²) in [4.78, 5) is 4.72. The summed E-state index contributed by atoms with van der Waals surface area (Å²) in [5.74, 6) is 0. The Morgan fingerprint density at radius 3 is 2.59 bits per heavy atom. The third kappa shape index (κ3) is 3.82. The maximum absolute atomic E-state index is 13.8. The third-order valence-electron chi connectivity index (χ3n) is 4.45. The first-order valence-corrected chi connectivity index (χ1v) is 8.96. The van der Waals surface area contributed by atoms with Crippen molar-refractivity contribution in [2.75, 3.05) is 0 Å². The molecule has 0 aliphatic carbocycles. The molecule has 0 atom stereocenters. The average Bonchev–Trinajstić information content (AvgIpc) is 2.98. The van der Waals surface area contributed by atoms with Gasteiger partial charge in [-0.05, 0) is 37.6 Å². The molecule has 0 saturated heterocycles. The Bertz CT molecular complexity index is 1040. The number of fused-ring (bicyclic) bond motifs is 1. The number of hydrogen-bond acceptors (Lipinski definition) is 1. The van der Waals surface area contributed by atoms with Crippen molar-refractivity contribution in [3.05, 3.63) is 102 Å². The minimum absolute atomic E-state index is 0.484. The van der Waals surface area contributed by atoms with Crippen LogP contribution in [0.3, 0.4) is 0 Å². The first-order valence-electron chi connectivity index (χ1n) is 8.96. The molecule has 0 bridgehead atoms. The standard InChI is InChI=1S/C24H23FN2/c1-4-6-8-13-20(16-25)23-21(5-2)27(17-19-11-9-7-10-12-19)22-15-14-18(3)26-24(22)23/h4-16H,2,17H2,1,3H3/b6-4-,13-8-,20-16?. The van der Waals surface area contributed by atoms with E-state index in [4.69, 9.17) is 4.98 Å². The summed E-state index contributed by atoms with van der Waals surface area (Å²) in [7, 11) is 0. The fourth-order valence-electron chi connectivity index (χ4n) is 3.21. The topological polar surface area (TPSA) is 17.8 Å². The highest BCUT2D eigenvalue weighted by atomic mass is 19.1. The molecule has 0 saturated carbocycles. The number of pyridine rings is 1. The van der Waals surface area contributed by atoms with E-state index < -0.39 is 0 Å². The first-order chi connectivity index (χ1) is 13.2. The zero-order chi connectivity index (χ0) is 19.2. The van der Waals surface area contributed by atoms with Crippen molar-refractivity contribution in [1.29, 1.82) is 0 Å². The molecule has 2 aromatic heterocycles. The van der Waals surface area contributed by atoms with E-state index in [1.807, 2.05) is 62.4 Å². The maximum Gasteiger partial charge on any atom is 0.0969 e. The number of rotatable bonds is 6. The Labute approximate surface area is 159 Å². The van der Waals surface area contributed by atoms with Gasteiger partial charge in [0, 0.05) is 23.4 Å². The largest absolute Gasteiger partial charge is 0.335 e. The third-order valence-corrected chi connectivity index (χ3v) is 4.45. The monoisotopic (exact) mass is 358 g/mol. The van der Waals surface area contributed by atoms with Gasteiger partial charge in [0.2, 0.25) is 0 Å². The van der Waals surface area contributed by atoms with Gasteiger partial charge in [-0.15, -0.1) is 0 Å². The number of halogens is 1. The molecule has 0 N–H and O–H groups in total. The molecule has 1 aromatic carbocycles. The average molecular weight is 358 g/mol. The quantitative estimate of drug-likeness (QED) is 0.461. The van der Waals surface area contributed by atoms with Gasteiger partial charge in [0.1, 0.15) is 0 Å². The molecule has 0 fully saturated rings. The van der Waals surface area contributed by atoms with E-state index >= 15 is 0 Å².